The number of amides is 3. The number of carbonyl (C=O) groups is 3. The first-order valence-electron chi connectivity index (χ1n) is 9.40. The molecule has 148 valence electrons. The van der Waals surface area contributed by atoms with Gasteiger partial charge in [-0.2, -0.15) is 0 Å². The zero-order valence-electron chi connectivity index (χ0n) is 16.0. The number of aryl methyl sites for hydroxylation is 1. The second kappa shape index (κ2) is 7.75. The average Bonchev–Trinajstić information content (AvgIpc) is 3.13. The molecule has 1 N–H and O–H groups in total. The molecule has 0 unspecified atom stereocenters. The molecule has 0 atom stereocenters. The number of piperazine rings is 1. The molecule has 1 fully saturated rings. The van der Waals surface area contributed by atoms with Crippen molar-refractivity contribution in [2.45, 2.75) is 6.92 Å². The fourth-order valence-corrected chi connectivity index (χ4v) is 3.45. The summed E-state index contributed by atoms with van der Waals surface area (Å²) in [6.45, 7) is 3.80. The largest absolute Gasteiger partial charge is 0.342 e. The molecule has 1 aliphatic rings. The first-order valence-corrected chi connectivity index (χ1v) is 9.40. The minimum absolute atomic E-state index is 0.150. The summed E-state index contributed by atoms with van der Waals surface area (Å²) in [5.74, 6) is -0.479. The molecule has 0 aliphatic carbocycles. The molecule has 0 radical (unpaired) electrons. The van der Waals surface area contributed by atoms with E-state index in [1.54, 1.807) is 44.7 Å². The van der Waals surface area contributed by atoms with Gasteiger partial charge in [-0.25, -0.2) is 4.98 Å². The number of imidazole rings is 1. The second-order valence-corrected chi connectivity index (χ2v) is 7.00. The number of nitrogens with zero attached hydrogens (tertiary/aromatic N) is 4. The van der Waals surface area contributed by atoms with E-state index in [1.807, 2.05) is 25.1 Å². The smallest absolute Gasteiger partial charge is 0.292 e. The molecule has 29 heavy (non-hydrogen) atoms. The van der Waals surface area contributed by atoms with Gasteiger partial charge in [0.2, 0.25) is 12.2 Å². The van der Waals surface area contributed by atoms with Gasteiger partial charge >= 0.3 is 0 Å². The number of rotatable bonds is 4. The van der Waals surface area contributed by atoms with Gasteiger partial charge < -0.3 is 15.1 Å². The van der Waals surface area contributed by atoms with Gasteiger partial charge in [0.25, 0.3) is 11.8 Å². The fourth-order valence-electron chi connectivity index (χ4n) is 3.45. The predicted octanol–water partition coefficient (Wildman–Crippen LogP) is 1.81. The van der Waals surface area contributed by atoms with Crippen LogP contribution in [0.25, 0.3) is 5.52 Å². The molecule has 2 aromatic heterocycles. The Morgan fingerprint density at radius 1 is 1.07 bits per heavy atom. The maximum atomic E-state index is 13.1. The SMILES string of the molecule is Cc1cccc(NC(=O)c2nc(C(=O)N3CCN(C=O)CC3)c3ccccn23)c1. The van der Waals surface area contributed by atoms with Crippen LogP contribution in [0.5, 0.6) is 0 Å². The lowest BCUT2D eigenvalue weighted by atomic mass is 10.2. The maximum absolute atomic E-state index is 13.1. The lowest BCUT2D eigenvalue weighted by Gasteiger charge is -2.32. The summed E-state index contributed by atoms with van der Waals surface area (Å²) in [6.07, 6.45) is 2.51. The van der Waals surface area contributed by atoms with Crippen molar-refractivity contribution in [1.29, 1.82) is 0 Å². The van der Waals surface area contributed by atoms with Crippen molar-refractivity contribution in [3.05, 3.63) is 65.7 Å². The van der Waals surface area contributed by atoms with Crippen molar-refractivity contribution in [3.8, 4) is 0 Å². The molecule has 1 aliphatic heterocycles. The molecule has 0 saturated carbocycles. The minimum atomic E-state index is -0.387. The van der Waals surface area contributed by atoms with Gasteiger partial charge in [0.05, 0.1) is 5.52 Å². The van der Waals surface area contributed by atoms with E-state index in [9.17, 15) is 14.4 Å². The van der Waals surface area contributed by atoms with Gasteiger partial charge in [-0.05, 0) is 36.8 Å². The number of hydrogen-bond donors (Lipinski definition) is 1. The number of pyridine rings is 1. The lowest BCUT2D eigenvalue weighted by Crippen LogP contribution is -2.48. The van der Waals surface area contributed by atoms with Crippen molar-refractivity contribution >= 4 is 29.4 Å². The summed E-state index contributed by atoms with van der Waals surface area (Å²) in [7, 11) is 0. The third kappa shape index (κ3) is 3.69. The van der Waals surface area contributed by atoms with Crippen molar-refractivity contribution in [2.75, 3.05) is 31.5 Å². The van der Waals surface area contributed by atoms with E-state index in [-0.39, 0.29) is 23.3 Å². The van der Waals surface area contributed by atoms with Crippen LogP contribution in [0.3, 0.4) is 0 Å². The second-order valence-electron chi connectivity index (χ2n) is 7.00. The molecular formula is C21H21N5O3. The molecule has 4 rings (SSSR count). The highest BCUT2D eigenvalue weighted by molar-refractivity contribution is 6.06. The maximum Gasteiger partial charge on any atom is 0.292 e. The van der Waals surface area contributed by atoms with E-state index in [4.69, 9.17) is 0 Å². The van der Waals surface area contributed by atoms with Gasteiger partial charge in [-0.15, -0.1) is 0 Å². The molecule has 0 spiro atoms. The molecule has 0 bridgehead atoms. The van der Waals surface area contributed by atoms with E-state index in [0.29, 0.717) is 37.4 Å². The Kier molecular flexibility index (Phi) is 4.99. The van der Waals surface area contributed by atoms with Crippen molar-refractivity contribution in [3.63, 3.8) is 0 Å². The number of aromatic nitrogens is 2. The van der Waals surface area contributed by atoms with Crippen LogP contribution in [0.2, 0.25) is 0 Å². The predicted molar refractivity (Wildman–Crippen MR) is 108 cm³/mol. The Hall–Kier alpha value is -3.68. The number of anilines is 1. The first-order chi connectivity index (χ1) is 14.1. The van der Waals surface area contributed by atoms with Crippen molar-refractivity contribution in [2.24, 2.45) is 0 Å². The molecule has 8 heteroatoms. The van der Waals surface area contributed by atoms with E-state index in [2.05, 4.69) is 10.3 Å². The van der Waals surface area contributed by atoms with Crippen LogP contribution in [-0.4, -0.2) is 63.6 Å². The van der Waals surface area contributed by atoms with Gasteiger partial charge in [0.1, 0.15) is 0 Å². The number of nitrogens with one attached hydrogen (secondary N) is 1. The molecule has 1 saturated heterocycles. The van der Waals surface area contributed by atoms with Gasteiger partial charge in [-0.1, -0.05) is 18.2 Å². The van der Waals surface area contributed by atoms with Crippen LogP contribution in [0, 0.1) is 6.92 Å². The van der Waals surface area contributed by atoms with E-state index in [0.717, 1.165) is 12.0 Å². The number of fused-ring (bicyclic) bond motifs is 1. The number of carbonyl (C=O) groups excluding carboxylic acids is 3. The Balaban J connectivity index is 1.64. The third-order valence-corrected chi connectivity index (χ3v) is 4.98. The number of benzene rings is 1. The quantitative estimate of drug-likeness (QED) is 0.687. The Bertz CT molecular complexity index is 1080. The summed E-state index contributed by atoms with van der Waals surface area (Å²) in [4.78, 5) is 44.5. The molecule has 3 aromatic rings. The standard InChI is InChI=1S/C21H21N5O3/c1-15-5-4-6-16(13-15)22-20(28)19-23-18(17-7-2-3-8-26(17)19)21(29)25-11-9-24(14-27)10-12-25/h2-8,13-14H,9-12H2,1H3,(H,22,28). The van der Waals surface area contributed by atoms with Gasteiger partial charge in [0.15, 0.2) is 5.69 Å². The summed E-state index contributed by atoms with van der Waals surface area (Å²) in [5, 5.41) is 2.84. The Morgan fingerprint density at radius 2 is 1.86 bits per heavy atom. The Labute approximate surface area is 167 Å². The number of hydrogen-bond acceptors (Lipinski definition) is 4. The van der Waals surface area contributed by atoms with Gasteiger partial charge in [-0.3, -0.25) is 18.8 Å². The van der Waals surface area contributed by atoms with E-state index >= 15 is 0 Å². The highest BCUT2D eigenvalue weighted by atomic mass is 16.2. The van der Waals surface area contributed by atoms with Gasteiger partial charge in [0, 0.05) is 38.1 Å². The van der Waals surface area contributed by atoms with Crippen molar-refractivity contribution in [1.82, 2.24) is 19.2 Å². The third-order valence-electron chi connectivity index (χ3n) is 4.98. The zero-order chi connectivity index (χ0) is 20.4. The first kappa shape index (κ1) is 18.7. The minimum Gasteiger partial charge on any atom is -0.342 e. The Morgan fingerprint density at radius 3 is 2.59 bits per heavy atom. The molecule has 3 amide bonds. The topological polar surface area (TPSA) is 87.0 Å². The van der Waals surface area contributed by atoms with Crippen LogP contribution in [0.15, 0.2) is 48.7 Å². The summed E-state index contributed by atoms with van der Waals surface area (Å²) in [6, 6.07) is 12.8. The van der Waals surface area contributed by atoms with Crippen LogP contribution in [-0.2, 0) is 4.79 Å². The highest BCUT2D eigenvalue weighted by Crippen LogP contribution is 2.18. The lowest BCUT2D eigenvalue weighted by molar-refractivity contribution is -0.119. The summed E-state index contributed by atoms with van der Waals surface area (Å²) >= 11 is 0. The van der Waals surface area contributed by atoms with Crippen LogP contribution in [0.1, 0.15) is 26.7 Å². The zero-order valence-corrected chi connectivity index (χ0v) is 16.0. The van der Waals surface area contributed by atoms with Crippen LogP contribution >= 0.6 is 0 Å². The highest BCUT2D eigenvalue weighted by Gasteiger charge is 2.27. The molecule has 1 aromatic carbocycles. The van der Waals surface area contributed by atoms with Crippen LogP contribution in [0.4, 0.5) is 5.69 Å². The summed E-state index contributed by atoms with van der Waals surface area (Å²) < 4.78 is 1.63. The normalized spacial score (nSPS) is 14.1. The average molecular weight is 391 g/mol. The van der Waals surface area contributed by atoms with E-state index < -0.39 is 0 Å². The van der Waals surface area contributed by atoms with Crippen LogP contribution < -0.4 is 5.32 Å². The monoisotopic (exact) mass is 391 g/mol. The molecular weight excluding hydrogens is 370 g/mol. The molecule has 8 nitrogen and oxygen atoms in total. The fraction of sp³-hybridized carbons (Fsp3) is 0.238. The van der Waals surface area contributed by atoms with Crippen molar-refractivity contribution < 1.29 is 14.4 Å². The van der Waals surface area contributed by atoms with E-state index in [1.165, 1.54) is 0 Å². The summed E-state index contributed by atoms with van der Waals surface area (Å²) in [5.41, 5.74) is 2.51. The molecule has 3 heterocycles.